The Labute approximate surface area is 119 Å². The van der Waals surface area contributed by atoms with Crippen LogP contribution in [0.4, 0.5) is 0 Å². The number of aliphatic imine (C=N–C) groups is 1. The number of allylic oxidation sites excluding steroid dienone is 6. The first-order chi connectivity index (χ1) is 9.93. The van der Waals surface area contributed by atoms with Gasteiger partial charge in [-0.25, -0.2) is 0 Å². The average molecular weight is 262 g/mol. The van der Waals surface area contributed by atoms with Crippen molar-refractivity contribution in [1.29, 1.82) is 0 Å². The van der Waals surface area contributed by atoms with Gasteiger partial charge in [-0.15, -0.1) is 0 Å². The number of hydrogen-bond acceptors (Lipinski definition) is 2. The fraction of sp³-hybridized carbons (Fsp3) is 0.167. The topological polar surface area (TPSA) is 24.4 Å². The molecule has 100 valence electrons. The van der Waals surface area contributed by atoms with Gasteiger partial charge in [0.2, 0.25) is 0 Å². The number of nitrogens with one attached hydrogen (secondary N) is 1. The molecule has 0 aromatic heterocycles. The van der Waals surface area contributed by atoms with Gasteiger partial charge in [-0.2, -0.15) is 0 Å². The van der Waals surface area contributed by atoms with E-state index in [-0.39, 0.29) is 6.04 Å². The molecule has 1 unspecified atom stereocenters. The van der Waals surface area contributed by atoms with E-state index >= 15 is 0 Å². The predicted molar refractivity (Wildman–Crippen MR) is 84.5 cm³/mol. The van der Waals surface area contributed by atoms with Gasteiger partial charge < -0.3 is 5.32 Å². The first-order valence-corrected chi connectivity index (χ1v) is 6.99. The Hall–Kier alpha value is -2.35. The van der Waals surface area contributed by atoms with Crippen LogP contribution in [0.25, 0.3) is 0 Å². The molecule has 0 amide bonds. The van der Waals surface area contributed by atoms with Crippen LogP contribution in [0, 0.1) is 0 Å². The molecule has 20 heavy (non-hydrogen) atoms. The highest BCUT2D eigenvalue weighted by Crippen LogP contribution is 2.25. The molecule has 2 heteroatoms. The van der Waals surface area contributed by atoms with E-state index in [9.17, 15) is 0 Å². The molecule has 0 saturated carbocycles. The molecule has 3 rings (SSSR count). The molecule has 0 fully saturated rings. The van der Waals surface area contributed by atoms with Crippen molar-refractivity contribution >= 4 is 6.34 Å². The second-order valence-electron chi connectivity index (χ2n) is 4.91. The summed E-state index contributed by atoms with van der Waals surface area (Å²) in [5.74, 6) is 0. The van der Waals surface area contributed by atoms with Gasteiger partial charge in [0, 0.05) is 5.70 Å². The largest absolute Gasteiger partial charge is 0.347 e. The lowest BCUT2D eigenvalue weighted by Gasteiger charge is -2.09. The lowest BCUT2D eigenvalue weighted by atomic mass is 10.0. The second kappa shape index (κ2) is 6.20. The number of rotatable bonds is 2. The fourth-order valence-electron chi connectivity index (χ4n) is 2.44. The normalized spacial score (nSPS) is 21.5. The van der Waals surface area contributed by atoms with Crippen molar-refractivity contribution in [3.63, 3.8) is 0 Å². The summed E-state index contributed by atoms with van der Waals surface area (Å²) in [5, 5.41) is 3.31. The molecule has 0 bridgehead atoms. The molecular weight excluding hydrogens is 244 g/mol. The van der Waals surface area contributed by atoms with E-state index in [4.69, 9.17) is 0 Å². The van der Waals surface area contributed by atoms with Crippen molar-refractivity contribution in [2.75, 3.05) is 0 Å². The molecule has 1 atom stereocenters. The lowest BCUT2D eigenvalue weighted by molar-refractivity contribution is 0.749. The summed E-state index contributed by atoms with van der Waals surface area (Å²) in [7, 11) is 0. The van der Waals surface area contributed by atoms with E-state index < -0.39 is 0 Å². The molecule has 1 aromatic carbocycles. The van der Waals surface area contributed by atoms with Crippen LogP contribution in [-0.4, -0.2) is 6.34 Å². The standard InChI is InChI=1S/C18H18N2/c1-2-5-9-15(8-4-1)17-12-13-18(20-14-19-17)16-10-6-3-7-11-16/h1-8,10-12,14,18H,9,13H2,(H,19,20). The van der Waals surface area contributed by atoms with Crippen molar-refractivity contribution in [3.05, 3.63) is 83.6 Å². The van der Waals surface area contributed by atoms with Gasteiger partial charge in [-0.05, 0) is 24.0 Å². The van der Waals surface area contributed by atoms with E-state index in [0.717, 1.165) is 12.8 Å². The third kappa shape index (κ3) is 2.97. The molecule has 0 radical (unpaired) electrons. The smallest absolute Gasteiger partial charge is 0.0875 e. The molecular formula is C18H18N2. The average Bonchev–Trinajstić information content (AvgIpc) is 2.91. The molecule has 0 spiro atoms. The molecule has 1 aromatic rings. The van der Waals surface area contributed by atoms with Crippen LogP contribution in [0.1, 0.15) is 24.4 Å². The predicted octanol–water partition coefficient (Wildman–Crippen LogP) is 4.08. The van der Waals surface area contributed by atoms with Gasteiger partial charge in [-0.3, -0.25) is 4.99 Å². The Morgan fingerprint density at radius 3 is 2.85 bits per heavy atom. The van der Waals surface area contributed by atoms with Gasteiger partial charge in [0.25, 0.3) is 0 Å². The Morgan fingerprint density at radius 1 is 1.05 bits per heavy atom. The minimum absolute atomic E-state index is 0.207. The fourth-order valence-corrected chi connectivity index (χ4v) is 2.44. The highest BCUT2D eigenvalue weighted by atomic mass is 15.0. The maximum absolute atomic E-state index is 4.61. The highest BCUT2D eigenvalue weighted by Gasteiger charge is 2.12. The summed E-state index contributed by atoms with van der Waals surface area (Å²) in [6.45, 7) is 0. The molecule has 1 aliphatic carbocycles. The van der Waals surface area contributed by atoms with Crippen molar-refractivity contribution < 1.29 is 0 Å². The van der Waals surface area contributed by atoms with E-state index in [0.29, 0.717) is 0 Å². The van der Waals surface area contributed by atoms with Crippen LogP contribution in [-0.2, 0) is 0 Å². The maximum Gasteiger partial charge on any atom is 0.0875 e. The summed E-state index contributed by atoms with van der Waals surface area (Å²) in [6, 6.07) is 10.7. The van der Waals surface area contributed by atoms with E-state index in [1.54, 1.807) is 0 Å². The zero-order valence-corrected chi connectivity index (χ0v) is 11.4. The summed E-state index contributed by atoms with van der Waals surface area (Å²) in [4.78, 5) is 4.61. The zero-order valence-electron chi connectivity index (χ0n) is 11.4. The van der Waals surface area contributed by atoms with Crippen LogP contribution < -0.4 is 5.32 Å². The summed E-state index contributed by atoms with van der Waals surface area (Å²) >= 11 is 0. The second-order valence-corrected chi connectivity index (χ2v) is 4.91. The van der Waals surface area contributed by atoms with E-state index in [1.165, 1.54) is 16.8 Å². The summed E-state index contributed by atoms with van der Waals surface area (Å²) < 4.78 is 0. The van der Waals surface area contributed by atoms with Gasteiger partial charge in [0.15, 0.2) is 0 Å². The van der Waals surface area contributed by atoms with Crippen molar-refractivity contribution in [2.45, 2.75) is 18.9 Å². The summed E-state index contributed by atoms with van der Waals surface area (Å²) in [6.07, 6.45) is 16.5. The third-order valence-corrected chi connectivity index (χ3v) is 3.54. The number of nitrogens with zero attached hydrogens (tertiary/aromatic N) is 1. The monoisotopic (exact) mass is 262 g/mol. The van der Waals surface area contributed by atoms with Crippen molar-refractivity contribution in [1.82, 2.24) is 5.32 Å². The molecule has 2 nitrogen and oxygen atoms in total. The van der Waals surface area contributed by atoms with Crippen LogP contribution in [0.2, 0.25) is 0 Å². The highest BCUT2D eigenvalue weighted by molar-refractivity contribution is 5.61. The van der Waals surface area contributed by atoms with E-state index in [1.807, 2.05) is 12.4 Å². The first kappa shape index (κ1) is 12.7. The van der Waals surface area contributed by atoms with Gasteiger partial charge >= 0.3 is 0 Å². The van der Waals surface area contributed by atoms with Gasteiger partial charge in [0.05, 0.1) is 12.4 Å². The van der Waals surface area contributed by atoms with Crippen LogP contribution in [0.3, 0.4) is 0 Å². The van der Waals surface area contributed by atoms with Crippen molar-refractivity contribution in [2.24, 2.45) is 4.99 Å². The molecule has 2 aliphatic rings. The molecule has 1 aliphatic heterocycles. The minimum Gasteiger partial charge on any atom is -0.347 e. The number of benzene rings is 1. The Kier molecular flexibility index (Phi) is 3.93. The van der Waals surface area contributed by atoms with E-state index in [2.05, 4.69) is 71.0 Å². The molecule has 0 saturated heterocycles. The Balaban J connectivity index is 1.79. The molecule has 1 N–H and O–H groups in total. The Morgan fingerprint density at radius 2 is 1.95 bits per heavy atom. The summed E-state index contributed by atoms with van der Waals surface area (Å²) in [5.41, 5.74) is 3.73. The zero-order chi connectivity index (χ0) is 13.6. The minimum atomic E-state index is 0.207. The third-order valence-electron chi connectivity index (χ3n) is 3.54. The quantitative estimate of drug-likeness (QED) is 0.853. The van der Waals surface area contributed by atoms with Crippen molar-refractivity contribution in [3.8, 4) is 0 Å². The van der Waals surface area contributed by atoms with Crippen LogP contribution >= 0.6 is 0 Å². The lowest BCUT2D eigenvalue weighted by Crippen LogP contribution is -2.11. The van der Waals surface area contributed by atoms with Crippen LogP contribution in [0.15, 0.2) is 83.1 Å². The Bertz CT molecular complexity index is 604. The van der Waals surface area contributed by atoms with Crippen LogP contribution in [0.5, 0.6) is 0 Å². The van der Waals surface area contributed by atoms with Gasteiger partial charge in [0.1, 0.15) is 0 Å². The number of hydrogen-bond donors (Lipinski definition) is 1. The SMILES string of the molecule is C1=CC=C(C2=CCC(c3ccccc3)N=CN2)CC=C1. The molecule has 1 heterocycles. The van der Waals surface area contributed by atoms with Gasteiger partial charge in [-0.1, -0.05) is 66.8 Å². The first-order valence-electron chi connectivity index (χ1n) is 6.99. The maximum atomic E-state index is 4.61.